The third kappa shape index (κ3) is 5.75. The molecule has 4 heteroatoms. The van der Waals surface area contributed by atoms with Crippen LogP contribution in [0.5, 0.6) is 0 Å². The maximum atomic E-state index is 11.6. The molecule has 0 radical (unpaired) electrons. The number of hydrogen-bond acceptors (Lipinski definition) is 3. The van der Waals surface area contributed by atoms with E-state index < -0.39 is 0 Å². The van der Waals surface area contributed by atoms with E-state index in [1.807, 2.05) is 18.2 Å². The molecule has 0 aliphatic carbocycles. The molecule has 0 bridgehead atoms. The Labute approximate surface area is 115 Å². The number of amides is 1. The number of benzene rings is 1. The molecule has 2 N–H and O–H groups in total. The first-order valence-corrected chi connectivity index (χ1v) is 6.73. The van der Waals surface area contributed by atoms with Crippen LogP contribution in [0.3, 0.4) is 0 Å². The Balaban J connectivity index is 2.38. The molecule has 1 aromatic rings. The molecule has 106 valence electrons. The number of ether oxygens (including phenoxy) is 1. The summed E-state index contributed by atoms with van der Waals surface area (Å²) in [5, 5.41) is 6.05. The van der Waals surface area contributed by atoms with Gasteiger partial charge in [-0.2, -0.15) is 0 Å². The van der Waals surface area contributed by atoms with E-state index in [9.17, 15) is 4.79 Å². The maximum Gasteiger partial charge on any atom is 0.239 e. The van der Waals surface area contributed by atoms with E-state index in [1.54, 1.807) is 7.11 Å². The molecule has 0 heterocycles. The standard InChI is InChI=1S/C15H24N2O2/c1-12(2)13-7-4-5-8-14(13)17-11-15(18)16-9-6-10-19-3/h4-5,7-8,12,17H,6,9-11H2,1-3H3,(H,16,18). The van der Waals surface area contributed by atoms with Crippen LogP contribution in [0.25, 0.3) is 0 Å². The molecular formula is C15H24N2O2. The van der Waals surface area contributed by atoms with E-state index in [0.29, 0.717) is 25.6 Å². The smallest absolute Gasteiger partial charge is 0.239 e. The van der Waals surface area contributed by atoms with Gasteiger partial charge < -0.3 is 15.4 Å². The highest BCUT2D eigenvalue weighted by molar-refractivity contribution is 5.80. The summed E-state index contributed by atoms with van der Waals surface area (Å²) >= 11 is 0. The Morgan fingerprint density at radius 3 is 2.74 bits per heavy atom. The van der Waals surface area contributed by atoms with Gasteiger partial charge in [0.2, 0.25) is 5.91 Å². The van der Waals surface area contributed by atoms with Gasteiger partial charge in [0.05, 0.1) is 6.54 Å². The summed E-state index contributed by atoms with van der Waals surface area (Å²) in [5.74, 6) is 0.447. The highest BCUT2D eigenvalue weighted by Crippen LogP contribution is 2.23. The van der Waals surface area contributed by atoms with Crippen LogP contribution in [0.1, 0.15) is 31.7 Å². The molecule has 0 saturated heterocycles. The number of anilines is 1. The van der Waals surface area contributed by atoms with E-state index in [4.69, 9.17) is 4.74 Å². The molecule has 1 amide bonds. The topological polar surface area (TPSA) is 50.4 Å². The van der Waals surface area contributed by atoms with Gasteiger partial charge in [-0.05, 0) is 24.0 Å². The lowest BCUT2D eigenvalue weighted by Crippen LogP contribution is -2.31. The SMILES string of the molecule is COCCCNC(=O)CNc1ccccc1C(C)C. The first-order valence-electron chi connectivity index (χ1n) is 6.73. The summed E-state index contributed by atoms with van der Waals surface area (Å²) in [4.78, 5) is 11.6. The second-order valence-electron chi connectivity index (χ2n) is 4.79. The van der Waals surface area contributed by atoms with E-state index in [2.05, 4.69) is 30.5 Å². The van der Waals surface area contributed by atoms with Crippen molar-refractivity contribution in [2.24, 2.45) is 0 Å². The van der Waals surface area contributed by atoms with Crippen molar-refractivity contribution in [3.05, 3.63) is 29.8 Å². The Morgan fingerprint density at radius 1 is 1.32 bits per heavy atom. The largest absolute Gasteiger partial charge is 0.385 e. The number of rotatable bonds is 8. The molecule has 0 unspecified atom stereocenters. The van der Waals surface area contributed by atoms with Crippen molar-refractivity contribution in [3.8, 4) is 0 Å². The van der Waals surface area contributed by atoms with Gasteiger partial charge in [-0.1, -0.05) is 32.0 Å². The highest BCUT2D eigenvalue weighted by Gasteiger charge is 2.06. The fourth-order valence-electron chi connectivity index (χ4n) is 1.84. The van der Waals surface area contributed by atoms with Crippen LogP contribution in [0.4, 0.5) is 5.69 Å². The van der Waals surface area contributed by atoms with Crippen molar-refractivity contribution in [3.63, 3.8) is 0 Å². The lowest BCUT2D eigenvalue weighted by Gasteiger charge is -2.14. The monoisotopic (exact) mass is 264 g/mol. The van der Waals surface area contributed by atoms with E-state index in [-0.39, 0.29) is 5.91 Å². The summed E-state index contributed by atoms with van der Waals surface area (Å²) < 4.78 is 4.93. The average Bonchev–Trinajstić information content (AvgIpc) is 2.41. The summed E-state index contributed by atoms with van der Waals surface area (Å²) in [7, 11) is 1.66. The number of methoxy groups -OCH3 is 1. The van der Waals surface area contributed by atoms with Crippen LogP contribution < -0.4 is 10.6 Å². The third-order valence-corrected chi connectivity index (χ3v) is 2.87. The lowest BCUT2D eigenvalue weighted by atomic mass is 10.0. The molecule has 0 atom stereocenters. The molecule has 0 spiro atoms. The minimum Gasteiger partial charge on any atom is -0.385 e. The number of carbonyl (C=O) groups excluding carboxylic acids is 1. The van der Waals surface area contributed by atoms with Crippen molar-refractivity contribution < 1.29 is 9.53 Å². The van der Waals surface area contributed by atoms with Crippen LogP contribution in [-0.4, -0.2) is 32.7 Å². The van der Waals surface area contributed by atoms with Gasteiger partial charge in [0.1, 0.15) is 0 Å². The van der Waals surface area contributed by atoms with Crippen LogP contribution in [-0.2, 0) is 9.53 Å². The van der Waals surface area contributed by atoms with Crippen LogP contribution in [0.15, 0.2) is 24.3 Å². The van der Waals surface area contributed by atoms with Crippen LogP contribution >= 0.6 is 0 Å². The molecule has 1 rings (SSSR count). The zero-order valence-corrected chi connectivity index (χ0v) is 12.0. The Kier molecular flexibility index (Phi) is 6.97. The van der Waals surface area contributed by atoms with E-state index in [0.717, 1.165) is 12.1 Å². The van der Waals surface area contributed by atoms with Gasteiger partial charge in [-0.3, -0.25) is 4.79 Å². The molecule has 4 nitrogen and oxygen atoms in total. The maximum absolute atomic E-state index is 11.6. The first-order chi connectivity index (χ1) is 9.15. The molecule has 0 saturated carbocycles. The third-order valence-electron chi connectivity index (χ3n) is 2.87. The molecule has 19 heavy (non-hydrogen) atoms. The van der Waals surface area contributed by atoms with Crippen LogP contribution in [0.2, 0.25) is 0 Å². The van der Waals surface area contributed by atoms with Gasteiger partial charge in [-0.15, -0.1) is 0 Å². The minimum atomic E-state index is 0.00895. The predicted octanol–water partition coefficient (Wildman–Crippen LogP) is 2.37. The fourth-order valence-corrected chi connectivity index (χ4v) is 1.84. The molecule has 0 fully saturated rings. The van der Waals surface area contributed by atoms with Crippen molar-refractivity contribution >= 4 is 11.6 Å². The van der Waals surface area contributed by atoms with Gasteiger partial charge >= 0.3 is 0 Å². The summed E-state index contributed by atoms with van der Waals surface area (Å²) in [6.07, 6.45) is 0.838. The number of carbonyl (C=O) groups is 1. The average molecular weight is 264 g/mol. The quantitative estimate of drug-likeness (QED) is 0.709. The summed E-state index contributed by atoms with van der Waals surface area (Å²) in [6.45, 7) is 5.91. The van der Waals surface area contributed by atoms with E-state index in [1.165, 1.54) is 5.56 Å². The number of hydrogen-bond donors (Lipinski definition) is 2. The Morgan fingerprint density at radius 2 is 2.05 bits per heavy atom. The number of para-hydroxylation sites is 1. The number of nitrogens with one attached hydrogen (secondary N) is 2. The van der Waals surface area contributed by atoms with Crippen molar-refractivity contribution in [2.45, 2.75) is 26.2 Å². The van der Waals surface area contributed by atoms with Crippen molar-refractivity contribution in [2.75, 3.05) is 32.1 Å². The Bertz CT molecular complexity index is 391. The predicted molar refractivity (Wildman–Crippen MR) is 78.5 cm³/mol. The highest BCUT2D eigenvalue weighted by atomic mass is 16.5. The lowest BCUT2D eigenvalue weighted by molar-refractivity contribution is -0.119. The molecule has 0 aliphatic rings. The molecule has 0 aliphatic heterocycles. The fraction of sp³-hybridized carbons (Fsp3) is 0.533. The zero-order chi connectivity index (χ0) is 14.1. The van der Waals surface area contributed by atoms with Gasteiger partial charge in [0.25, 0.3) is 0 Å². The van der Waals surface area contributed by atoms with Crippen LogP contribution in [0, 0.1) is 0 Å². The molecule has 1 aromatic carbocycles. The van der Waals surface area contributed by atoms with Gasteiger partial charge in [0, 0.05) is 25.9 Å². The van der Waals surface area contributed by atoms with E-state index >= 15 is 0 Å². The Hall–Kier alpha value is -1.55. The molecule has 0 aromatic heterocycles. The van der Waals surface area contributed by atoms with Gasteiger partial charge in [0.15, 0.2) is 0 Å². The van der Waals surface area contributed by atoms with Gasteiger partial charge in [-0.25, -0.2) is 0 Å². The van der Waals surface area contributed by atoms with Crippen molar-refractivity contribution in [1.29, 1.82) is 0 Å². The second-order valence-corrected chi connectivity index (χ2v) is 4.79. The second kappa shape index (κ2) is 8.53. The molecular weight excluding hydrogens is 240 g/mol. The minimum absolute atomic E-state index is 0.00895. The summed E-state index contributed by atoms with van der Waals surface area (Å²) in [6, 6.07) is 8.09. The zero-order valence-electron chi connectivity index (χ0n) is 12.0. The first kappa shape index (κ1) is 15.5. The summed E-state index contributed by atoms with van der Waals surface area (Å²) in [5.41, 5.74) is 2.26. The normalized spacial score (nSPS) is 10.5. The van der Waals surface area contributed by atoms with Crippen molar-refractivity contribution in [1.82, 2.24) is 5.32 Å².